The van der Waals surface area contributed by atoms with Gasteiger partial charge in [0.25, 0.3) is 0 Å². The average Bonchev–Trinajstić information content (AvgIpc) is 2.98. The molecule has 0 spiro atoms. The van der Waals surface area contributed by atoms with Crippen LogP contribution >= 0.6 is 11.6 Å². The number of aromatic nitrogens is 1. The molecule has 1 aliphatic heterocycles. The molecule has 4 nitrogen and oxygen atoms in total. The summed E-state index contributed by atoms with van der Waals surface area (Å²) in [7, 11) is -3.49. The zero-order valence-electron chi connectivity index (χ0n) is 13.9. The molecular weight excluding hydrogens is 356 g/mol. The Morgan fingerprint density at radius 3 is 2.64 bits per heavy atom. The van der Waals surface area contributed by atoms with Gasteiger partial charge in [-0.25, -0.2) is 8.42 Å². The van der Waals surface area contributed by atoms with Crippen molar-refractivity contribution in [2.24, 2.45) is 0 Å². The van der Waals surface area contributed by atoms with Crippen molar-refractivity contribution in [3.05, 3.63) is 64.3 Å². The Balaban J connectivity index is 1.70. The highest BCUT2D eigenvalue weighted by Crippen LogP contribution is 2.31. The second-order valence-corrected chi connectivity index (χ2v) is 8.73. The first kappa shape index (κ1) is 16.6. The van der Waals surface area contributed by atoms with Crippen LogP contribution in [0.4, 0.5) is 0 Å². The smallest absolute Gasteiger partial charge is 0.243 e. The van der Waals surface area contributed by atoms with Gasteiger partial charge < -0.3 is 4.98 Å². The standard InChI is InChI=1S/C19H19ClN2O2S/c1-2-13-3-6-15(7-4-13)25(23,24)22-10-9-18-17(12-22)16-8-5-14(20)11-19(16)21-18/h3-8,11,21H,2,9-10,12H2,1H3. The normalized spacial score (nSPS) is 15.4. The molecule has 130 valence electrons. The van der Waals surface area contributed by atoms with Crippen molar-refractivity contribution >= 4 is 32.5 Å². The van der Waals surface area contributed by atoms with Crippen molar-refractivity contribution in [2.45, 2.75) is 31.2 Å². The maximum Gasteiger partial charge on any atom is 0.243 e. The van der Waals surface area contributed by atoms with Crippen LogP contribution in [-0.4, -0.2) is 24.3 Å². The molecule has 3 aromatic rings. The molecule has 1 aromatic heterocycles. The molecule has 2 aromatic carbocycles. The molecule has 4 rings (SSSR count). The molecule has 0 saturated heterocycles. The second-order valence-electron chi connectivity index (χ2n) is 6.36. The number of nitrogens with zero attached hydrogens (tertiary/aromatic N) is 1. The number of aromatic amines is 1. The number of aryl methyl sites for hydroxylation is 1. The van der Waals surface area contributed by atoms with Gasteiger partial charge in [-0.2, -0.15) is 4.31 Å². The lowest BCUT2D eigenvalue weighted by Gasteiger charge is -2.26. The molecule has 6 heteroatoms. The number of hydrogen-bond donors (Lipinski definition) is 1. The summed E-state index contributed by atoms with van der Waals surface area (Å²) in [6, 6.07) is 12.9. The van der Waals surface area contributed by atoms with Gasteiger partial charge in [-0.15, -0.1) is 0 Å². The van der Waals surface area contributed by atoms with Crippen LogP contribution in [0.5, 0.6) is 0 Å². The van der Waals surface area contributed by atoms with E-state index in [0.717, 1.165) is 34.1 Å². The first-order valence-electron chi connectivity index (χ1n) is 8.37. The lowest BCUT2D eigenvalue weighted by molar-refractivity contribution is 0.391. The van der Waals surface area contributed by atoms with Crippen molar-refractivity contribution in [3.8, 4) is 0 Å². The SMILES string of the molecule is CCc1ccc(S(=O)(=O)N2CCc3[nH]c4cc(Cl)ccc4c3C2)cc1. The van der Waals surface area contributed by atoms with Crippen molar-refractivity contribution in [1.29, 1.82) is 0 Å². The summed E-state index contributed by atoms with van der Waals surface area (Å²) in [5, 5.41) is 1.72. The molecular formula is C19H19ClN2O2S. The maximum absolute atomic E-state index is 13.0. The van der Waals surface area contributed by atoms with E-state index < -0.39 is 10.0 Å². The summed E-state index contributed by atoms with van der Waals surface area (Å²) in [5.74, 6) is 0. The van der Waals surface area contributed by atoms with Crippen molar-refractivity contribution in [1.82, 2.24) is 9.29 Å². The number of fused-ring (bicyclic) bond motifs is 3. The predicted octanol–water partition coefficient (Wildman–Crippen LogP) is 4.13. The van der Waals surface area contributed by atoms with E-state index in [-0.39, 0.29) is 0 Å². The molecule has 0 fully saturated rings. The highest BCUT2D eigenvalue weighted by Gasteiger charge is 2.30. The van der Waals surface area contributed by atoms with E-state index in [1.54, 1.807) is 16.4 Å². The molecule has 0 amide bonds. The van der Waals surface area contributed by atoms with Gasteiger partial charge in [0.15, 0.2) is 0 Å². The van der Waals surface area contributed by atoms with E-state index in [0.29, 0.717) is 29.4 Å². The quantitative estimate of drug-likeness (QED) is 0.749. The van der Waals surface area contributed by atoms with Crippen LogP contribution in [0.1, 0.15) is 23.7 Å². The molecule has 2 heterocycles. The molecule has 0 atom stereocenters. The van der Waals surface area contributed by atoms with Crippen molar-refractivity contribution < 1.29 is 8.42 Å². The Morgan fingerprint density at radius 1 is 1.16 bits per heavy atom. The van der Waals surface area contributed by atoms with Gasteiger partial charge in [-0.05, 0) is 41.8 Å². The van der Waals surface area contributed by atoms with Crippen molar-refractivity contribution in [2.75, 3.05) is 6.54 Å². The van der Waals surface area contributed by atoms with Crippen LogP contribution in [0.2, 0.25) is 5.02 Å². The lowest BCUT2D eigenvalue weighted by atomic mass is 10.1. The van der Waals surface area contributed by atoms with Crippen LogP contribution in [0.3, 0.4) is 0 Å². The molecule has 1 aliphatic rings. The van der Waals surface area contributed by atoms with Crippen LogP contribution in [-0.2, 0) is 29.4 Å². The van der Waals surface area contributed by atoms with Crippen LogP contribution < -0.4 is 0 Å². The van der Waals surface area contributed by atoms with E-state index in [4.69, 9.17) is 11.6 Å². The Hall–Kier alpha value is -1.82. The van der Waals surface area contributed by atoms with Gasteiger partial charge >= 0.3 is 0 Å². The number of sulfonamides is 1. The minimum absolute atomic E-state index is 0.357. The summed E-state index contributed by atoms with van der Waals surface area (Å²) >= 11 is 6.06. The molecule has 0 radical (unpaired) electrons. The predicted molar refractivity (Wildman–Crippen MR) is 100 cm³/mol. The van der Waals surface area contributed by atoms with E-state index in [2.05, 4.69) is 11.9 Å². The van der Waals surface area contributed by atoms with Gasteiger partial charge in [0, 0.05) is 41.1 Å². The van der Waals surface area contributed by atoms with Gasteiger partial charge in [0.05, 0.1) is 4.90 Å². The fourth-order valence-corrected chi connectivity index (χ4v) is 5.00. The third kappa shape index (κ3) is 2.86. The third-order valence-corrected chi connectivity index (χ3v) is 6.97. The summed E-state index contributed by atoms with van der Waals surface area (Å²) in [6.45, 7) is 2.92. The summed E-state index contributed by atoms with van der Waals surface area (Å²) in [6.07, 6.45) is 1.57. The maximum atomic E-state index is 13.0. The number of nitrogens with one attached hydrogen (secondary N) is 1. The molecule has 0 bridgehead atoms. The summed E-state index contributed by atoms with van der Waals surface area (Å²) in [4.78, 5) is 3.74. The average molecular weight is 375 g/mol. The monoisotopic (exact) mass is 374 g/mol. The third-order valence-electron chi connectivity index (χ3n) is 4.87. The van der Waals surface area contributed by atoms with Crippen molar-refractivity contribution in [3.63, 3.8) is 0 Å². The number of rotatable bonds is 3. The van der Waals surface area contributed by atoms with Gasteiger partial charge in [0.2, 0.25) is 10.0 Å². The Kier molecular flexibility index (Phi) is 4.10. The zero-order valence-corrected chi connectivity index (χ0v) is 15.5. The number of hydrogen-bond acceptors (Lipinski definition) is 2. The fourth-order valence-electron chi connectivity index (χ4n) is 3.42. The van der Waals surface area contributed by atoms with Gasteiger partial charge in [0.1, 0.15) is 0 Å². The Labute approximate surface area is 152 Å². The number of H-pyrrole nitrogens is 1. The van der Waals surface area contributed by atoms with E-state index in [1.807, 2.05) is 30.3 Å². The number of benzene rings is 2. The molecule has 1 N–H and O–H groups in total. The van der Waals surface area contributed by atoms with Gasteiger partial charge in [-0.3, -0.25) is 0 Å². The zero-order chi connectivity index (χ0) is 17.6. The van der Waals surface area contributed by atoms with E-state index in [1.165, 1.54) is 0 Å². The van der Waals surface area contributed by atoms with Crippen LogP contribution in [0, 0.1) is 0 Å². The molecule has 0 unspecified atom stereocenters. The highest BCUT2D eigenvalue weighted by atomic mass is 35.5. The minimum atomic E-state index is -3.49. The van der Waals surface area contributed by atoms with E-state index >= 15 is 0 Å². The minimum Gasteiger partial charge on any atom is -0.358 e. The lowest BCUT2D eigenvalue weighted by Crippen LogP contribution is -2.35. The summed E-state index contributed by atoms with van der Waals surface area (Å²) < 4.78 is 27.6. The topological polar surface area (TPSA) is 53.2 Å². The first-order valence-corrected chi connectivity index (χ1v) is 10.2. The van der Waals surface area contributed by atoms with Crippen LogP contribution in [0.15, 0.2) is 47.4 Å². The Morgan fingerprint density at radius 2 is 1.92 bits per heavy atom. The van der Waals surface area contributed by atoms with Gasteiger partial charge in [-0.1, -0.05) is 36.7 Å². The highest BCUT2D eigenvalue weighted by molar-refractivity contribution is 7.89. The number of halogens is 1. The molecule has 0 aliphatic carbocycles. The molecule has 25 heavy (non-hydrogen) atoms. The summed E-state index contributed by atoms with van der Waals surface area (Å²) in [5.41, 5.74) is 4.24. The van der Waals surface area contributed by atoms with E-state index in [9.17, 15) is 8.42 Å². The fraction of sp³-hybridized carbons (Fsp3) is 0.263. The Bertz CT molecular complexity index is 1040. The van der Waals surface area contributed by atoms with Crippen LogP contribution in [0.25, 0.3) is 10.9 Å². The first-order chi connectivity index (χ1) is 12.0. The second kappa shape index (κ2) is 6.16. The molecule has 0 saturated carbocycles. The largest absolute Gasteiger partial charge is 0.358 e.